The summed E-state index contributed by atoms with van der Waals surface area (Å²) in [5.41, 5.74) is 4.28. The minimum Gasteiger partial charge on any atom is -0.495 e. The molecule has 1 amide bonds. The van der Waals surface area contributed by atoms with E-state index in [4.69, 9.17) is 9.47 Å². The maximum Gasteiger partial charge on any atom is 0.260 e. The number of nitrogens with zero attached hydrogens (tertiary/aromatic N) is 2. The number of hydrogen-bond acceptors (Lipinski definition) is 7. The van der Waals surface area contributed by atoms with Gasteiger partial charge in [0.05, 0.1) is 25.3 Å². The summed E-state index contributed by atoms with van der Waals surface area (Å²) in [5, 5.41) is 3.93. The minimum absolute atomic E-state index is 0.272. The molecule has 8 nitrogen and oxygen atoms in total. The summed E-state index contributed by atoms with van der Waals surface area (Å²) in [5.74, 6) is 2.59. The van der Waals surface area contributed by atoms with Crippen LogP contribution in [0, 0.1) is 6.92 Å². The van der Waals surface area contributed by atoms with E-state index in [1.165, 1.54) is 13.3 Å². The van der Waals surface area contributed by atoms with Crippen molar-refractivity contribution in [3.05, 3.63) is 53.6 Å². The summed E-state index contributed by atoms with van der Waals surface area (Å²) >= 11 is 1.85. The third kappa shape index (κ3) is 6.38. The van der Waals surface area contributed by atoms with Gasteiger partial charge in [-0.2, -0.15) is 16.9 Å². The molecular formula is C21H25N3O5S2. The Morgan fingerprint density at radius 2 is 1.97 bits per heavy atom. The number of hydrazone groups is 1. The summed E-state index contributed by atoms with van der Waals surface area (Å²) in [6, 6.07) is 12.5. The van der Waals surface area contributed by atoms with Crippen LogP contribution in [0.15, 0.2) is 47.6 Å². The summed E-state index contributed by atoms with van der Waals surface area (Å²) in [4.78, 5) is 12.4. The van der Waals surface area contributed by atoms with Crippen molar-refractivity contribution in [1.82, 2.24) is 5.43 Å². The Morgan fingerprint density at radius 1 is 1.26 bits per heavy atom. The Labute approximate surface area is 186 Å². The van der Waals surface area contributed by atoms with E-state index in [0.717, 1.165) is 38.9 Å². The number of rotatable bonds is 9. The number of ether oxygens (including phenoxy) is 2. The van der Waals surface area contributed by atoms with E-state index in [0.29, 0.717) is 11.4 Å². The first-order valence-electron chi connectivity index (χ1n) is 9.55. The van der Waals surface area contributed by atoms with Crippen molar-refractivity contribution in [1.29, 1.82) is 0 Å². The van der Waals surface area contributed by atoms with Gasteiger partial charge in [0, 0.05) is 11.5 Å². The number of hydrogen-bond donors (Lipinski definition) is 1. The van der Waals surface area contributed by atoms with E-state index in [9.17, 15) is 13.2 Å². The molecule has 0 unspecified atom stereocenters. The number of sulfonamides is 1. The monoisotopic (exact) mass is 463 g/mol. The molecule has 0 spiro atoms. The van der Waals surface area contributed by atoms with Crippen LogP contribution in [0.4, 0.5) is 5.69 Å². The number of amides is 1. The Hall–Kier alpha value is -2.72. The molecule has 3 rings (SSSR count). The lowest BCUT2D eigenvalue weighted by Gasteiger charge is -2.25. The molecule has 2 aromatic rings. The van der Waals surface area contributed by atoms with Crippen LogP contribution in [0.25, 0.3) is 0 Å². The molecule has 0 aliphatic carbocycles. The second kappa shape index (κ2) is 10.1. The maximum atomic E-state index is 12.4. The van der Waals surface area contributed by atoms with Gasteiger partial charge in [-0.05, 0) is 54.4 Å². The first-order valence-corrected chi connectivity index (χ1v) is 12.6. The molecule has 1 heterocycles. The molecule has 0 atom stereocenters. The number of carbonyl (C=O) groups is 1. The normalized spacial score (nSPS) is 14.2. The molecule has 1 saturated heterocycles. The highest BCUT2D eigenvalue weighted by atomic mass is 32.2. The van der Waals surface area contributed by atoms with Crippen molar-refractivity contribution in [3.8, 4) is 11.5 Å². The molecule has 1 aliphatic heterocycles. The molecule has 1 fully saturated rings. The average molecular weight is 464 g/mol. The zero-order valence-corrected chi connectivity index (χ0v) is 19.2. The molecule has 0 aromatic heterocycles. The highest BCUT2D eigenvalue weighted by molar-refractivity contribution is 8.00. The van der Waals surface area contributed by atoms with Gasteiger partial charge in [0.15, 0.2) is 0 Å². The molecule has 0 bridgehead atoms. The molecule has 1 aliphatic rings. The van der Waals surface area contributed by atoms with Gasteiger partial charge in [-0.3, -0.25) is 9.10 Å². The first-order chi connectivity index (χ1) is 14.8. The van der Waals surface area contributed by atoms with E-state index in [-0.39, 0.29) is 6.10 Å². The zero-order valence-electron chi connectivity index (χ0n) is 17.6. The number of aryl methyl sites for hydroxylation is 1. The van der Waals surface area contributed by atoms with Crippen LogP contribution < -0.4 is 19.2 Å². The van der Waals surface area contributed by atoms with Crippen LogP contribution >= 0.6 is 11.8 Å². The molecule has 0 radical (unpaired) electrons. The number of carbonyl (C=O) groups excluding carboxylic acids is 1. The standard InChI is InChI=1S/C21H25N3O5S2/c1-15-4-9-20(28-2)19(10-15)24(31(3,26)27)12-21(25)23-22-11-16-5-7-17(8-6-16)29-18-13-30-14-18/h4-11,18H,12-14H2,1-3H3,(H,23,25)/b22-11-. The van der Waals surface area contributed by atoms with Gasteiger partial charge in [-0.15, -0.1) is 0 Å². The third-order valence-corrected chi connectivity index (χ3v) is 6.83. The van der Waals surface area contributed by atoms with Crippen LogP contribution in [0.2, 0.25) is 0 Å². The van der Waals surface area contributed by atoms with Crippen molar-refractivity contribution >= 4 is 39.6 Å². The summed E-state index contributed by atoms with van der Waals surface area (Å²) in [7, 11) is -2.28. The Kier molecular flexibility index (Phi) is 7.45. The lowest BCUT2D eigenvalue weighted by atomic mass is 10.2. The van der Waals surface area contributed by atoms with Crippen LogP contribution in [-0.4, -0.2) is 58.1 Å². The van der Waals surface area contributed by atoms with Crippen molar-refractivity contribution in [2.45, 2.75) is 13.0 Å². The van der Waals surface area contributed by atoms with Gasteiger partial charge in [-0.25, -0.2) is 13.8 Å². The lowest BCUT2D eigenvalue weighted by molar-refractivity contribution is -0.119. The smallest absolute Gasteiger partial charge is 0.260 e. The zero-order chi connectivity index (χ0) is 22.4. The molecule has 10 heteroatoms. The highest BCUT2D eigenvalue weighted by Crippen LogP contribution is 2.30. The Morgan fingerprint density at radius 3 is 2.55 bits per heavy atom. The van der Waals surface area contributed by atoms with E-state index >= 15 is 0 Å². The van der Waals surface area contributed by atoms with Crippen LogP contribution in [-0.2, 0) is 14.8 Å². The minimum atomic E-state index is -3.73. The predicted octanol–water partition coefficient (Wildman–Crippen LogP) is 2.41. The fourth-order valence-corrected chi connectivity index (χ4v) is 4.24. The second-order valence-corrected chi connectivity index (χ2v) is 10.1. The van der Waals surface area contributed by atoms with Crippen molar-refractivity contribution in [3.63, 3.8) is 0 Å². The van der Waals surface area contributed by atoms with E-state index in [1.54, 1.807) is 18.2 Å². The average Bonchev–Trinajstić information content (AvgIpc) is 2.69. The van der Waals surface area contributed by atoms with Gasteiger partial charge in [0.1, 0.15) is 24.1 Å². The Bertz CT molecular complexity index is 1050. The van der Waals surface area contributed by atoms with E-state index < -0.39 is 22.5 Å². The fourth-order valence-electron chi connectivity index (χ4n) is 2.83. The van der Waals surface area contributed by atoms with E-state index in [1.807, 2.05) is 43.0 Å². The topological polar surface area (TPSA) is 97.3 Å². The maximum absolute atomic E-state index is 12.4. The summed E-state index contributed by atoms with van der Waals surface area (Å²) in [6.45, 7) is 1.40. The third-order valence-electron chi connectivity index (χ3n) is 4.48. The SMILES string of the molecule is COc1ccc(C)cc1N(CC(=O)N/N=C\c1ccc(OC2CSC2)cc1)S(C)(=O)=O. The largest absolute Gasteiger partial charge is 0.495 e. The van der Waals surface area contributed by atoms with Gasteiger partial charge >= 0.3 is 0 Å². The Balaban J connectivity index is 1.63. The van der Waals surface area contributed by atoms with Crippen LogP contribution in [0.3, 0.4) is 0 Å². The molecule has 1 N–H and O–H groups in total. The van der Waals surface area contributed by atoms with Gasteiger partial charge in [0.2, 0.25) is 10.0 Å². The number of thioether (sulfide) groups is 1. The van der Waals surface area contributed by atoms with Gasteiger partial charge in [-0.1, -0.05) is 6.07 Å². The van der Waals surface area contributed by atoms with Gasteiger partial charge in [0.25, 0.3) is 5.91 Å². The van der Waals surface area contributed by atoms with Crippen LogP contribution in [0.5, 0.6) is 11.5 Å². The molecule has 0 saturated carbocycles. The van der Waals surface area contributed by atoms with Crippen LogP contribution in [0.1, 0.15) is 11.1 Å². The van der Waals surface area contributed by atoms with E-state index in [2.05, 4.69) is 10.5 Å². The van der Waals surface area contributed by atoms with Crippen molar-refractivity contribution < 1.29 is 22.7 Å². The van der Waals surface area contributed by atoms with Crippen molar-refractivity contribution in [2.75, 3.05) is 35.7 Å². The number of anilines is 1. The quantitative estimate of drug-likeness (QED) is 0.453. The molecule has 31 heavy (non-hydrogen) atoms. The lowest BCUT2D eigenvalue weighted by Crippen LogP contribution is -2.39. The number of nitrogens with one attached hydrogen (secondary N) is 1. The van der Waals surface area contributed by atoms with Crippen molar-refractivity contribution in [2.24, 2.45) is 5.10 Å². The fraction of sp³-hybridized carbons (Fsp3) is 0.333. The highest BCUT2D eigenvalue weighted by Gasteiger charge is 2.24. The molecule has 166 valence electrons. The molecular weight excluding hydrogens is 438 g/mol. The number of methoxy groups -OCH3 is 1. The number of benzene rings is 2. The van der Waals surface area contributed by atoms with Gasteiger partial charge < -0.3 is 9.47 Å². The molecule has 2 aromatic carbocycles. The summed E-state index contributed by atoms with van der Waals surface area (Å²) in [6.07, 6.45) is 2.80. The first kappa shape index (κ1) is 23.0. The predicted molar refractivity (Wildman–Crippen MR) is 124 cm³/mol. The summed E-state index contributed by atoms with van der Waals surface area (Å²) < 4.78 is 36.7. The second-order valence-electron chi connectivity index (χ2n) is 7.08.